The molecule has 2 aliphatic carbocycles. The number of hydrogen-bond acceptors (Lipinski definition) is 4. The van der Waals surface area contributed by atoms with Crippen molar-refractivity contribution in [1.29, 1.82) is 0 Å². The number of halogens is 3. The highest BCUT2D eigenvalue weighted by Crippen LogP contribution is 2.41. The maximum Gasteiger partial charge on any atom is 0.433 e. The predicted molar refractivity (Wildman–Crippen MR) is 100 cm³/mol. The molecule has 9 heteroatoms. The SMILES string of the molecule is CC(N=C1NC(c2cccc(C(F)(F)F)n2)=NC(N)(C(C)C2CC2)N1)C1CC1. The molecule has 1 aliphatic heterocycles. The average molecular weight is 394 g/mol. The van der Waals surface area contributed by atoms with Crippen molar-refractivity contribution in [2.45, 2.75) is 57.5 Å². The highest BCUT2D eigenvalue weighted by Gasteiger charge is 2.45. The summed E-state index contributed by atoms with van der Waals surface area (Å²) in [6.45, 7) is 4.04. The van der Waals surface area contributed by atoms with E-state index in [0.29, 0.717) is 17.8 Å². The largest absolute Gasteiger partial charge is 0.433 e. The van der Waals surface area contributed by atoms with Crippen LogP contribution in [-0.2, 0) is 6.18 Å². The molecule has 0 spiro atoms. The lowest BCUT2D eigenvalue weighted by molar-refractivity contribution is -0.141. The number of aliphatic imine (C=N–C) groups is 2. The summed E-state index contributed by atoms with van der Waals surface area (Å²) in [7, 11) is 0. The third-order valence-electron chi connectivity index (χ3n) is 5.79. The molecule has 1 aromatic heterocycles. The van der Waals surface area contributed by atoms with E-state index in [0.717, 1.165) is 31.7 Å². The van der Waals surface area contributed by atoms with Crippen LogP contribution in [0.1, 0.15) is 50.9 Å². The number of amidine groups is 1. The van der Waals surface area contributed by atoms with Crippen LogP contribution in [-0.4, -0.2) is 28.6 Å². The van der Waals surface area contributed by atoms with Gasteiger partial charge >= 0.3 is 6.18 Å². The molecular formula is C19H25F3N6. The fraction of sp³-hybridized carbons (Fsp3) is 0.632. The Hall–Kier alpha value is -2.16. The molecule has 0 bridgehead atoms. The highest BCUT2D eigenvalue weighted by atomic mass is 19.4. The van der Waals surface area contributed by atoms with E-state index in [9.17, 15) is 13.2 Å². The normalized spacial score (nSPS) is 28.9. The number of nitrogens with two attached hydrogens (primary N) is 1. The van der Waals surface area contributed by atoms with Crippen LogP contribution in [0.5, 0.6) is 0 Å². The van der Waals surface area contributed by atoms with E-state index >= 15 is 0 Å². The van der Waals surface area contributed by atoms with Gasteiger partial charge in [0, 0.05) is 5.92 Å². The minimum Gasteiger partial charge on any atom is -0.319 e. The van der Waals surface area contributed by atoms with Crippen LogP contribution in [0.3, 0.4) is 0 Å². The van der Waals surface area contributed by atoms with Crippen molar-refractivity contribution >= 4 is 11.8 Å². The molecule has 1 aromatic rings. The molecule has 152 valence electrons. The molecular weight excluding hydrogens is 369 g/mol. The lowest BCUT2D eigenvalue weighted by Gasteiger charge is -2.38. The summed E-state index contributed by atoms with van der Waals surface area (Å²) in [6.07, 6.45) is -0.0949. The van der Waals surface area contributed by atoms with Gasteiger partial charge in [-0.3, -0.25) is 5.73 Å². The van der Waals surface area contributed by atoms with Crippen LogP contribution in [0.4, 0.5) is 13.2 Å². The van der Waals surface area contributed by atoms with Crippen molar-refractivity contribution in [2.24, 2.45) is 33.5 Å². The van der Waals surface area contributed by atoms with E-state index in [4.69, 9.17) is 5.73 Å². The summed E-state index contributed by atoms with van der Waals surface area (Å²) >= 11 is 0. The Morgan fingerprint density at radius 3 is 2.46 bits per heavy atom. The molecule has 4 N–H and O–H groups in total. The second-order valence-corrected chi connectivity index (χ2v) is 8.12. The molecule has 0 amide bonds. The highest BCUT2D eigenvalue weighted by molar-refractivity contribution is 6.09. The average Bonchev–Trinajstić information content (AvgIpc) is 3.53. The molecule has 4 rings (SSSR count). The van der Waals surface area contributed by atoms with Gasteiger partial charge in [-0.15, -0.1) is 0 Å². The summed E-state index contributed by atoms with van der Waals surface area (Å²) in [5.41, 5.74) is 5.72. The van der Waals surface area contributed by atoms with Crippen LogP contribution in [0.2, 0.25) is 0 Å². The zero-order valence-electron chi connectivity index (χ0n) is 15.9. The minimum atomic E-state index is -4.53. The van der Waals surface area contributed by atoms with Crippen molar-refractivity contribution in [3.8, 4) is 0 Å². The second kappa shape index (κ2) is 6.72. The first-order chi connectivity index (χ1) is 13.2. The Morgan fingerprint density at radius 2 is 1.86 bits per heavy atom. The number of guanidine groups is 1. The van der Waals surface area contributed by atoms with Crippen LogP contribution in [0.15, 0.2) is 28.2 Å². The first kappa shape index (κ1) is 19.2. The van der Waals surface area contributed by atoms with E-state index in [1.807, 2.05) is 13.8 Å². The Bertz CT molecular complexity index is 812. The van der Waals surface area contributed by atoms with Gasteiger partial charge in [0.2, 0.25) is 0 Å². The van der Waals surface area contributed by atoms with Crippen molar-refractivity contribution in [3.05, 3.63) is 29.6 Å². The third-order valence-corrected chi connectivity index (χ3v) is 5.79. The summed E-state index contributed by atoms with van der Waals surface area (Å²) < 4.78 is 39.3. The lowest BCUT2D eigenvalue weighted by atomic mass is 9.97. The van der Waals surface area contributed by atoms with Gasteiger partial charge in [0.15, 0.2) is 17.6 Å². The van der Waals surface area contributed by atoms with Gasteiger partial charge < -0.3 is 10.6 Å². The van der Waals surface area contributed by atoms with Gasteiger partial charge in [-0.05, 0) is 56.6 Å². The third kappa shape index (κ3) is 3.99. The molecule has 2 fully saturated rings. The lowest BCUT2D eigenvalue weighted by Crippen LogP contribution is -2.67. The topological polar surface area (TPSA) is 87.7 Å². The van der Waals surface area contributed by atoms with Crippen molar-refractivity contribution in [1.82, 2.24) is 15.6 Å². The predicted octanol–water partition coefficient (Wildman–Crippen LogP) is 2.85. The van der Waals surface area contributed by atoms with Crippen LogP contribution in [0, 0.1) is 17.8 Å². The summed E-state index contributed by atoms with van der Waals surface area (Å²) in [5, 5.41) is 6.20. The molecule has 2 saturated carbocycles. The quantitative estimate of drug-likeness (QED) is 0.717. The molecule has 0 radical (unpaired) electrons. The first-order valence-electron chi connectivity index (χ1n) is 9.72. The fourth-order valence-corrected chi connectivity index (χ4v) is 3.54. The molecule has 0 aromatic carbocycles. The van der Waals surface area contributed by atoms with E-state index in [1.54, 1.807) is 0 Å². The molecule has 3 unspecified atom stereocenters. The van der Waals surface area contributed by atoms with Crippen molar-refractivity contribution in [2.75, 3.05) is 0 Å². The minimum absolute atomic E-state index is 0.0110. The number of nitrogens with one attached hydrogen (secondary N) is 2. The van der Waals surface area contributed by atoms with Crippen LogP contribution in [0.25, 0.3) is 0 Å². The Morgan fingerprint density at radius 1 is 1.18 bits per heavy atom. The molecule has 2 heterocycles. The number of nitrogens with zero attached hydrogens (tertiary/aromatic N) is 3. The summed E-state index contributed by atoms with van der Waals surface area (Å²) in [4.78, 5) is 13.0. The zero-order chi connectivity index (χ0) is 20.1. The van der Waals surface area contributed by atoms with Gasteiger partial charge in [0.25, 0.3) is 0 Å². The first-order valence-corrected chi connectivity index (χ1v) is 9.72. The molecule has 3 aliphatic rings. The molecule has 3 atom stereocenters. The summed E-state index contributed by atoms with van der Waals surface area (Å²) in [6, 6.07) is 3.86. The molecule has 0 saturated heterocycles. The number of rotatable bonds is 5. The maximum absolute atomic E-state index is 13.1. The summed E-state index contributed by atoms with van der Waals surface area (Å²) in [5.74, 6) is 0.507. The van der Waals surface area contributed by atoms with E-state index in [-0.39, 0.29) is 23.5 Å². The number of pyridine rings is 1. The van der Waals surface area contributed by atoms with E-state index in [1.165, 1.54) is 12.1 Å². The van der Waals surface area contributed by atoms with Gasteiger partial charge in [0.05, 0.1) is 6.04 Å². The Balaban J connectivity index is 1.70. The maximum atomic E-state index is 13.1. The Labute approximate surface area is 161 Å². The van der Waals surface area contributed by atoms with E-state index < -0.39 is 17.7 Å². The molecule has 6 nitrogen and oxygen atoms in total. The molecule has 28 heavy (non-hydrogen) atoms. The van der Waals surface area contributed by atoms with Gasteiger partial charge in [-0.2, -0.15) is 13.2 Å². The monoisotopic (exact) mass is 394 g/mol. The number of alkyl halides is 3. The van der Waals surface area contributed by atoms with Crippen LogP contribution >= 0.6 is 0 Å². The van der Waals surface area contributed by atoms with Gasteiger partial charge in [-0.1, -0.05) is 13.0 Å². The van der Waals surface area contributed by atoms with Crippen molar-refractivity contribution < 1.29 is 13.2 Å². The van der Waals surface area contributed by atoms with E-state index in [2.05, 4.69) is 25.6 Å². The van der Waals surface area contributed by atoms with Crippen molar-refractivity contribution in [3.63, 3.8) is 0 Å². The second-order valence-electron chi connectivity index (χ2n) is 8.12. The zero-order valence-corrected chi connectivity index (χ0v) is 15.9. The van der Waals surface area contributed by atoms with Gasteiger partial charge in [-0.25, -0.2) is 15.0 Å². The number of hydrogen-bond donors (Lipinski definition) is 3. The standard InChI is InChI=1S/C19H25F3N6/c1-10(12-6-7-12)19(23)27-16(14-4-3-5-15(25-14)18(20,21)22)26-17(28-19)24-11(2)13-8-9-13/h3-5,10-13H,6-9,23H2,1-2H3,(H2,24,26,27,28). The fourth-order valence-electron chi connectivity index (χ4n) is 3.54. The number of aromatic nitrogens is 1. The Kier molecular flexibility index (Phi) is 4.60. The van der Waals surface area contributed by atoms with Crippen LogP contribution < -0.4 is 16.4 Å². The smallest absolute Gasteiger partial charge is 0.319 e. The van der Waals surface area contributed by atoms with Gasteiger partial charge in [0.1, 0.15) is 11.4 Å².